The second-order valence-electron chi connectivity index (χ2n) is 5.61. The van der Waals surface area contributed by atoms with Gasteiger partial charge in [-0.1, -0.05) is 18.2 Å². The number of methoxy groups -OCH3 is 1. The van der Waals surface area contributed by atoms with Crippen molar-refractivity contribution >= 4 is 29.1 Å². The minimum atomic E-state index is -0.354. The Balaban J connectivity index is 1.80. The summed E-state index contributed by atoms with van der Waals surface area (Å²) in [5.41, 5.74) is 1.94. The van der Waals surface area contributed by atoms with Crippen LogP contribution in [0.2, 0.25) is 0 Å². The Bertz CT molecular complexity index is 788. The molecule has 0 unspecified atom stereocenters. The molecule has 0 heterocycles. The molecule has 0 spiro atoms. The molecular formula is C19H21N3O4. The van der Waals surface area contributed by atoms with E-state index in [0.29, 0.717) is 11.4 Å². The molecule has 3 N–H and O–H groups in total. The molecule has 2 rings (SSSR count). The third-order valence-electron chi connectivity index (χ3n) is 3.44. The first kappa shape index (κ1) is 19.0. The summed E-state index contributed by atoms with van der Waals surface area (Å²) in [4.78, 5) is 34.9. The van der Waals surface area contributed by atoms with E-state index in [4.69, 9.17) is 4.74 Å². The highest BCUT2D eigenvalue weighted by atomic mass is 16.5. The average molecular weight is 355 g/mol. The number of amides is 3. The molecule has 0 bridgehead atoms. The molecule has 2 aromatic rings. The molecule has 136 valence electrons. The highest BCUT2D eigenvalue weighted by Gasteiger charge is 2.08. The van der Waals surface area contributed by atoms with Crippen molar-refractivity contribution in [3.63, 3.8) is 0 Å². The second kappa shape index (κ2) is 9.22. The van der Waals surface area contributed by atoms with Crippen LogP contribution >= 0.6 is 0 Å². The maximum atomic E-state index is 12.0. The summed E-state index contributed by atoms with van der Waals surface area (Å²) in [6.07, 6.45) is 0.176. The van der Waals surface area contributed by atoms with Crippen molar-refractivity contribution in [1.82, 2.24) is 5.32 Å². The van der Waals surface area contributed by atoms with Crippen LogP contribution in [0.5, 0.6) is 5.75 Å². The van der Waals surface area contributed by atoms with Gasteiger partial charge in [-0.15, -0.1) is 0 Å². The van der Waals surface area contributed by atoms with Crippen molar-refractivity contribution in [3.05, 3.63) is 54.1 Å². The van der Waals surface area contributed by atoms with Crippen molar-refractivity contribution < 1.29 is 19.1 Å². The number of carbonyl (C=O) groups is 3. The SMILES string of the molecule is COc1ccc(CC(=O)NCC(=O)Nc2cccc(NC(C)=O)c2)cc1. The quantitative estimate of drug-likeness (QED) is 0.707. The summed E-state index contributed by atoms with van der Waals surface area (Å²) in [6, 6.07) is 13.9. The van der Waals surface area contributed by atoms with Gasteiger partial charge in [0.15, 0.2) is 0 Å². The lowest BCUT2D eigenvalue weighted by molar-refractivity contribution is -0.123. The molecule has 2 aromatic carbocycles. The predicted octanol–water partition coefficient (Wildman–Crippen LogP) is 1.95. The van der Waals surface area contributed by atoms with Gasteiger partial charge in [-0.3, -0.25) is 14.4 Å². The molecule has 7 nitrogen and oxygen atoms in total. The highest BCUT2D eigenvalue weighted by Crippen LogP contribution is 2.15. The number of rotatable bonds is 7. The van der Waals surface area contributed by atoms with Gasteiger partial charge in [0.1, 0.15) is 5.75 Å². The van der Waals surface area contributed by atoms with Gasteiger partial charge in [-0.2, -0.15) is 0 Å². The first-order chi connectivity index (χ1) is 12.5. The zero-order valence-electron chi connectivity index (χ0n) is 14.7. The van der Waals surface area contributed by atoms with E-state index < -0.39 is 0 Å². The fraction of sp³-hybridized carbons (Fsp3) is 0.211. The summed E-state index contributed by atoms with van der Waals surface area (Å²) in [5.74, 6) is -0.0836. The van der Waals surface area contributed by atoms with E-state index in [0.717, 1.165) is 11.3 Å². The Hall–Kier alpha value is -3.35. The molecule has 0 aliphatic rings. The molecule has 0 aliphatic carbocycles. The molecule has 0 atom stereocenters. The van der Waals surface area contributed by atoms with Crippen molar-refractivity contribution in [2.75, 3.05) is 24.3 Å². The Morgan fingerprint density at radius 3 is 2.19 bits per heavy atom. The Kier molecular flexibility index (Phi) is 6.73. The van der Waals surface area contributed by atoms with E-state index in [-0.39, 0.29) is 30.7 Å². The number of carbonyl (C=O) groups excluding carboxylic acids is 3. The van der Waals surface area contributed by atoms with Gasteiger partial charge in [0.25, 0.3) is 0 Å². The fourth-order valence-corrected chi connectivity index (χ4v) is 2.25. The fourth-order valence-electron chi connectivity index (χ4n) is 2.25. The maximum absolute atomic E-state index is 12.0. The van der Waals surface area contributed by atoms with Crippen LogP contribution in [0, 0.1) is 0 Å². The van der Waals surface area contributed by atoms with Gasteiger partial charge in [-0.05, 0) is 35.9 Å². The predicted molar refractivity (Wildman–Crippen MR) is 99.1 cm³/mol. The van der Waals surface area contributed by atoms with Gasteiger partial charge in [0, 0.05) is 18.3 Å². The third kappa shape index (κ3) is 6.27. The Morgan fingerprint density at radius 1 is 0.923 bits per heavy atom. The zero-order valence-corrected chi connectivity index (χ0v) is 14.7. The highest BCUT2D eigenvalue weighted by molar-refractivity contribution is 5.96. The first-order valence-corrected chi connectivity index (χ1v) is 8.03. The van der Waals surface area contributed by atoms with Crippen molar-refractivity contribution in [2.45, 2.75) is 13.3 Å². The Labute approximate surface area is 151 Å². The van der Waals surface area contributed by atoms with E-state index in [9.17, 15) is 14.4 Å². The van der Waals surface area contributed by atoms with Gasteiger partial charge in [0.2, 0.25) is 17.7 Å². The zero-order chi connectivity index (χ0) is 18.9. The summed E-state index contributed by atoms with van der Waals surface area (Å²) in [6.45, 7) is 1.27. The van der Waals surface area contributed by atoms with Gasteiger partial charge >= 0.3 is 0 Å². The lowest BCUT2D eigenvalue weighted by Crippen LogP contribution is -2.33. The van der Waals surface area contributed by atoms with Crippen molar-refractivity contribution in [3.8, 4) is 5.75 Å². The smallest absolute Gasteiger partial charge is 0.243 e. The van der Waals surface area contributed by atoms with E-state index in [1.54, 1.807) is 55.6 Å². The summed E-state index contributed by atoms with van der Waals surface area (Å²) in [7, 11) is 1.58. The number of benzene rings is 2. The topological polar surface area (TPSA) is 96.5 Å². The van der Waals surface area contributed by atoms with E-state index in [2.05, 4.69) is 16.0 Å². The first-order valence-electron chi connectivity index (χ1n) is 8.03. The molecule has 26 heavy (non-hydrogen) atoms. The van der Waals surface area contributed by atoms with Gasteiger partial charge < -0.3 is 20.7 Å². The summed E-state index contributed by atoms with van der Waals surface area (Å²) in [5, 5.41) is 7.88. The van der Waals surface area contributed by atoms with Crippen LogP contribution in [-0.4, -0.2) is 31.4 Å². The molecule has 0 fully saturated rings. The van der Waals surface area contributed by atoms with Gasteiger partial charge in [-0.25, -0.2) is 0 Å². The van der Waals surface area contributed by atoms with Crippen molar-refractivity contribution in [2.24, 2.45) is 0 Å². The molecule has 0 radical (unpaired) electrons. The number of hydrogen-bond acceptors (Lipinski definition) is 4. The normalized spacial score (nSPS) is 9.92. The van der Waals surface area contributed by atoms with E-state index in [1.165, 1.54) is 6.92 Å². The van der Waals surface area contributed by atoms with Crippen LogP contribution in [0.3, 0.4) is 0 Å². The molecule has 0 saturated heterocycles. The van der Waals surface area contributed by atoms with Crippen LogP contribution in [0.25, 0.3) is 0 Å². The van der Waals surface area contributed by atoms with E-state index >= 15 is 0 Å². The van der Waals surface area contributed by atoms with Crippen LogP contribution in [0.15, 0.2) is 48.5 Å². The molecule has 0 aliphatic heterocycles. The van der Waals surface area contributed by atoms with Crippen molar-refractivity contribution in [1.29, 1.82) is 0 Å². The second-order valence-corrected chi connectivity index (χ2v) is 5.61. The number of anilines is 2. The van der Waals surface area contributed by atoms with Crippen LogP contribution in [0.4, 0.5) is 11.4 Å². The summed E-state index contributed by atoms with van der Waals surface area (Å²) >= 11 is 0. The Morgan fingerprint density at radius 2 is 1.58 bits per heavy atom. The number of nitrogens with one attached hydrogen (secondary N) is 3. The summed E-state index contributed by atoms with van der Waals surface area (Å²) < 4.78 is 5.06. The monoisotopic (exact) mass is 355 g/mol. The minimum Gasteiger partial charge on any atom is -0.497 e. The largest absolute Gasteiger partial charge is 0.497 e. The van der Waals surface area contributed by atoms with E-state index in [1.807, 2.05) is 0 Å². The molecular weight excluding hydrogens is 334 g/mol. The molecule has 0 aromatic heterocycles. The minimum absolute atomic E-state index is 0.140. The lowest BCUT2D eigenvalue weighted by atomic mass is 10.1. The molecule has 3 amide bonds. The maximum Gasteiger partial charge on any atom is 0.243 e. The molecule has 0 saturated carbocycles. The standard InChI is InChI=1S/C19H21N3O4/c1-13(23)21-15-4-3-5-16(11-15)22-19(25)12-20-18(24)10-14-6-8-17(26-2)9-7-14/h3-9,11H,10,12H2,1-2H3,(H,20,24)(H,21,23)(H,22,25). The van der Waals surface area contributed by atoms with Crippen LogP contribution in [0.1, 0.15) is 12.5 Å². The molecule has 7 heteroatoms. The number of ether oxygens (including phenoxy) is 1. The third-order valence-corrected chi connectivity index (χ3v) is 3.44. The number of hydrogen-bond donors (Lipinski definition) is 3. The van der Waals surface area contributed by atoms with Crippen LogP contribution < -0.4 is 20.7 Å². The van der Waals surface area contributed by atoms with Crippen LogP contribution in [-0.2, 0) is 20.8 Å². The average Bonchev–Trinajstić information content (AvgIpc) is 2.60. The lowest BCUT2D eigenvalue weighted by Gasteiger charge is -2.09. The van der Waals surface area contributed by atoms with Gasteiger partial charge in [0.05, 0.1) is 20.1 Å².